The minimum atomic E-state index is 1.28. The van der Waals surface area contributed by atoms with Crippen molar-refractivity contribution in [2.75, 3.05) is 0 Å². The normalized spacial score (nSPS) is 10.6. The van der Waals surface area contributed by atoms with E-state index in [2.05, 4.69) is 21.5 Å². The van der Waals surface area contributed by atoms with E-state index in [1.807, 2.05) is 45.3 Å². The monoisotopic (exact) mass is 260 g/mol. The van der Waals surface area contributed by atoms with Crippen LogP contribution in [0, 0.1) is 0 Å². The summed E-state index contributed by atoms with van der Waals surface area (Å²) in [6.07, 6.45) is 5.22. The second-order valence-corrected chi connectivity index (χ2v) is 7.49. The van der Waals surface area contributed by atoms with Gasteiger partial charge in [-0.25, -0.2) is 0 Å². The zero-order valence-corrected chi connectivity index (χ0v) is 11.0. The molecule has 0 N–H and O–H groups in total. The first-order valence-corrected chi connectivity index (χ1v) is 8.15. The topological polar surface area (TPSA) is 0 Å². The molecule has 0 unspecified atom stereocenters. The number of unbranched alkanes of at least 4 members (excludes halogenated alkanes) is 1. The van der Waals surface area contributed by atoms with Gasteiger partial charge in [0.1, 0.15) is 21.5 Å². The molecule has 2 heterocycles. The van der Waals surface area contributed by atoms with Crippen molar-refractivity contribution in [1.29, 1.82) is 0 Å². The summed E-state index contributed by atoms with van der Waals surface area (Å²) in [5.74, 6) is 0. The summed E-state index contributed by atoms with van der Waals surface area (Å²) in [6.45, 7) is 0. The van der Waals surface area contributed by atoms with Crippen LogP contribution in [0.15, 0.2) is 21.5 Å². The predicted octanol–water partition coefficient (Wildman–Crippen LogP) is 5.06. The highest BCUT2D eigenvalue weighted by atomic mass is 32.2. The lowest BCUT2D eigenvalue weighted by Gasteiger charge is -1.88. The van der Waals surface area contributed by atoms with Gasteiger partial charge < -0.3 is 0 Å². The van der Waals surface area contributed by atoms with Gasteiger partial charge in [0.2, 0.25) is 0 Å². The molecule has 74 valence electrons. The van der Waals surface area contributed by atoms with Gasteiger partial charge in [-0.3, -0.25) is 0 Å². The Morgan fingerprint density at radius 2 is 1.36 bits per heavy atom. The Kier molecular flexibility index (Phi) is 4.44. The molecule has 0 nitrogen and oxygen atoms in total. The molecule has 0 saturated heterocycles. The third kappa shape index (κ3) is 3.35. The van der Waals surface area contributed by atoms with Crippen molar-refractivity contribution >= 4 is 45.3 Å². The van der Waals surface area contributed by atoms with Gasteiger partial charge in [-0.05, 0) is 12.8 Å². The zero-order chi connectivity index (χ0) is 9.64. The summed E-state index contributed by atoms with van der Waals surface area (Å²) in [5.41, 5.74) is 0. The minimum Gasteiger partial charge on any atom is -0.0432 e. The van der Waals surface area contributed by atoms with E-state index in [4.69, 9.17) is 0 Å². The predicted molar refractivity (Wildman–Crippen MR) is 69.8 cm³/mol. The maximum absolute atomic E-state index is 2.18. The molecule has 0 aliphatic carbocycles. The summed E-state index contributed by atoms with van der Waals surface area (Å²) < 4.78 is 3.14. The molecule has 0 amide bonds. The van der Waals surface area contributed by atoms with Crippen LogP contribution in [0.3, 0.4) is 0 Å². The van der Waals surface area contributed by atoms with Crippen molar-refractivity contribution in [3.05, 3.63) is 29.9 Å². The molecule has 0 radical (unpaired) electrons. The SMILES string of the molecule is c1c[s+]c(CCCCc2scc[s+]2)s1. The molecule has 0 saturated carbocycles. The highest BCUT2D eigenvalue weighted by Gasteiger charge is 2.08. The van der Waals surface area contributed by atoms with E-state index in [0.717, 1.165) is 0 Å². The third-order valence-electron chi connectivity index (χ3n) is 1.92. The van der Waals surface area contributed by atoms with Gasteiger partial charge in [-0.2, -0.15) is 0 Å². The van der Waals surface area contributed by atoms with Crippen LogP contribution in [-0.2, 0) is 12.8 Å². The third-order valence-corrected chi connectivity index (χ3v) is 6.38. The minimum absolute atomic E-state index is 1.28. The van der Waals surface area contributed by atoms with Crippen LogP contribution in [0.1, 0.15) is 21.2 Å². The molecular formula is C10H12S4+2. The molecule has 4 heteroatoms. The van der Waals surface area contributed by atoms with Crippen LogP contribution >= 0.6 is 45.3 Å². The molecule has 0 aliphatic rings. The Balaban J connectivity index is 1.65. The molecule has 0 aromatic carbocycles. The van der Waals surface area contributed by atoms with E-state index in [9.17, 15) is 0 Å². The van der Waals surface area contributed by atoms with Gasteiger partial charge in [0, 0.05) is 12.8 Å². The molecule has 0 aliphatic heterocycles. The Morgan fingerprint density at radius 1 is 0.857 bits per heavy atom. The second-order valence-electron chi connectivity index (χ2n) is 2.97. The smallest absolute Gasteiger partial charge is 0.0432 e. The Hall–Kier alpha value is 0.1000. The molecule has 2 aromatic heterocycles. The Morgan fingerprint density at radius 3 is 1.71 bits per heavy atom. The van der Waals surface area contributed by atoms with Gasteiger partial charge >= 0.3 is 0 Å². The van der Waals surface area contributed by atoms with Crippen LogP contribution in [0.2, 0.25) is 0 Å². The maximum atomic E-state index is 2.18. The number of hydrogen-bond donors (Lipinski definition) is 0. The zero-order valence-electron chi connectivity index (χ0n) is 7.77. The Labute approximate surface area is 101 Å². The fraction of sp³-hybridized carbons (Fsp3) is 0.400. The average molecular weight is 260 g/mol. The van der Waals surface area contributed by atoms with Gasteiger partial charge in [0.25, 0.3) is 8.38 Å². The summed E-state index contributed by atoms with van der Waals surface area (Å²) in [7, 11) is 0. The van der Waals surface area contributed by atoms with Crippen LogP contribution in [-0.4, -0.2) is 0 Å². The van der Waals surface area contributed by atoms with Crippen LogP contribution in [0.25, 0.3) is 0 Å². The molecule has 0 atom stereocenters. The Bertz CT molecular complexity index is 300. The fourth-order valence-corrected chi connectivity index (χ4v) is 4.90. The largest absolute Gasteiger partial charge is 0.254 e. The van der Waals surface area contributed by atoms with Crippen molar-refractivity contribution < 1.29 is 0 Å². The van der Waals surface area contributed by atoms with Crippen molar-refractivity contribution in [3.63, 3.8) is 0 Å². The molecule has 14 heavy (non-hydrogen) atoms. The molecule has 0 spiro atoms. The summed E-state index contributed by atoms with van der Waals surface area (Å²) in [5, 5.41) is 8.73. The lowest BCUT2D eigenvalue weighted by atomic mass is 10.2. The molecule has 2 rings (SSSR count). The second kappa shape index (κ2) is 5.85. The first-order valence-electron chi connectivity index (χ1n) is 4.63. The van der Waals surface area contributed by atoms with E-state index in [1.54, 1.807) is 8.38 Å². The van der Waals surface area contributed by atoms with E-state index in [1.165, 1.54) is 25.7 Å². The van der Waals surface area contributed by atoms with Gasteiger partial charge in [-0.1, -0.05) is 0 Å². The van der Waals surface area contributed by atoms with Gasteiger partial charge in [-0.15, -0.1) is 0 Å². The first-order chi connectivity index (χ1) is 6.95. The van der Waals surface area contributed by atoms with Crippen LogP contribution in [0.5, 0.6) is 0 Å². The highest BCUT2D eigenvalue weighted by Crippen LogP contribution is 2.21. The van der Waals surface area contributed by atoms with Crippen LogP contribution in [0.4, 0.5) is 0 Å². The highest BCUT2D eigenvalue weighted by molar-refractivity contribution is 7.29. The quantitative estimate of drug-likeness (QED) is 0.520. The van der Waals surface area contributed by atoms with Crippen molar-refractivity contribution in [1.82, 2.24) is 0 Å². The summed E-state index contributed by atoms with van der Waals surface area (Å²) in [6, 6.07) is 0. The van der Waals surface area contributed by atoms with E-state index < -0.39 is 0 Å². The standard InChI is InChI=1S/C10H12S4/c1(3-9-11-5-6-12-9)2-4-10-13-7-8-14-10/h5-8H,1-4H2/q+2. The average Bonchev–Trinajstić information content (AvgIpc) is 2.86. The number of aryl methyl sites for hydroxylation is 2. The molecule has 2 aromatic rings. The van der Waals surface area contributed by atoms with Gasteiger partial charge in [0.15, 0.2) is 0 Å². The lowest BCUT2D eigenvalue weighted by Crippen LogP contribution is -1.82. The van der Waals surface area contributed by atoms with E-state index in [-0.39, 0.29) is 0 Å². The maximum Gasteiger partial charge on any atom is 0.254 e. The fourth-order valence-electron chi connectivity index (χ4n) is 1.24. The summed E-state index contributed by atoms with van der Waals surface area (Å²) >= 11 is 7.58. The molecule has 0 bridgehead atoms. The first kappa shape index (κ1) is 10.6. The molecular weight excluding hydrogens is 248 g/mol. The molecule has 0 fully saturated rings. The van der Waals surface area contributed by atoms with Crippen molar-refractivity contribution in [2.24, 2.45) is 0 Å². The number of rotatable bonds is 5. The number of hydrogen-bond acceptors (Lipinski definition) is 2. The van der Waals surface area contributed by atoms with Crippen LogP contribution < -0.4 is 0 Å². The van der Waals surface area contributed by atoms with Crippen molar-refractivity contribution in [3.8, 4) is 0 Å². The van der Waals surface area contributed by atoms with Crippen molar-refractivity contribution in [2.45, 2.75) is 25.7 Å². The van der Waals surface area contributed by atoms with Gasteiger partial charge in [0.05, 0.1) is 45.3 Å². The van der Waals surface area contributed by atoms with E-state index in [0.29, 0.717) is 0 Å². The summed E-state index contributed by atoms with van der Waals surface area (Å²) in [4.78, 5) is 0. The van der Waals surface area contributed by atoms with E-state index >= 15 is 0 Å². The lowest BCUT2D eigenvalue weighted by molar-refractivity contribution is 0.756.